The van der Waals surface area contributed by atoms with Gasteiger partial charge in [0.1, 0.15) is 9.79 Å². The molecule has 8 aromatic carbocycles. The van der Waals surface area contributed by atoms with Crippen molar-refractivity contribution in [2.24, 2.45) is 0 Å². The molecule has 6 amide bonds. The number of urea groups is 1. The first-order valence-corrected chi connectivity index (χ1v) is 31.4. The van der Waals surface area contributed by atoms with E-state index in [9.17, 15) is 102 Å². The fourth-order valence-electron chi connectivity index (χ4n) is 7.95. The lowest BCUT2D eigenvalue weighted by molar-refractivity contribution is 0.101. The van der Waals surface area contributed by atoms with Gasteiger partial charge in [-0.25, -0.2) is 4.79 Å². The van der Waals surface area contributed by atoms with E-state index >= 15 is 0 Å². The summed E-state index contributed by atoms with van der Waals surface area (Å²) in [5.41, 5.74) is -0.583. The number of rotatable bonds is 16. The standard InChI is InChI=1S/C49H36N6O23S6/c56-45(50-31-9-1-27(2-10-31)47(58)54-39-21-35(79(61,62)63)17-29-19-37(81(67,68)69)23-41(43(29)39)83(73,74)75)25-5-13-33(14-6-25)52-49(60)53-34-15-7-26(8-16-34)46(57)51-32-11-3-28(4-12-32)48(59)55-40-22-36(80(64,65)66)18-30-20-38(82(70,71)72)24-42(44(30)40)84(76,77)78/h1-24H,(H,50,56)(H,51,57)(H,54,58)(H,55,59)(H2,52,53,60)(H,61,62,63)(H,64,65,66)(H,67,68,69)(H,70,71,72)(H,73,74,75)(H,76,77,78). The third-order valence-corrected chi connectivity index (χ3v) is 16.9. The quantitative estimate of drug-likeness (QED) is 0.0484. The predicted molar refractivity (Wildman–Crippen MR) is 297 cm³/mol. The first-order valence-electron chi connectivity index (χ1n) is 22.7. The van der Waals surface area contributed by atoms with Gasteiger partial charge >= 0.3 is 6.03 Å². The van der Waals surface area contributed by atoms with Crippen LogP contribution in [0.2, 0.25) is 0 Å². The van der Waals surface area contributed by atoms with E-state index in [0.29, 0.717) is 48.5 Å². The first-order chi connectivity index (χ1) is 38.9. The molecule has 84 heavy (non-hydrogen) atoms. The minimum atomic E-state index is -5.32. The van der Waals surface area contributed by atoms with Gasteiger partial charge < -0.3 is 31.9 Å². The van der Waals surface area contributed by atoms with Gasteiger partial charge in [0.15, 0.2) is 0 Å². The third kappa shape index (κ3) is 14.2. The molecule has 0 atom stereocenters. The van der Waals surface area contributed by atoms with Gasteiger partial charge in [-0.1, -0.05) is 0 Å². The Bertz CT molecular complexity index is 4520. The van der Waals surface area contributed by atoms with Crippen molar-refractivity contribution in [3.8, 4) is 0 Å². The van der Waals surface area contributed by atoms with E-state index in [4.69, 9.17) is 0 Å². The fourth-order valence-corrected chi connectivity index (χ4v) is 11.8. The van der Waals surface area contributed by atoms with Crippen LogP contribution < -0.4 is 31.9 Å². The zero-order valence-corrected chi connectivity index (χ0v) is 46.3. The van der Waals surface area contributed by atoms with Crippen LogP contribution in [0.1, 0.15) is 41.4 Å². The summed E-state index contributed by atoms with van der Waals surface area (Å²) in [6, 6.07) is 24.8. The molecular formula is C49H36N6O23S6. The Morgan fingerprint density at radius 1 is 0.274 bits per heavy atom. The minimum absolute atomic E-state index is 0.105. The summed E-state index contributed by atoms with van der Waals surface area (Å²) < 4.78 is 203. The van der Waals surface area contributed by atoms with Crippen molar-refractivity contribution in [3.63, 3.8) is 0 Å². The molecule has 0 heterocycles. The number of carbonyl (C=O) groups excluding carboxylic acids is 5. The van der Waals surface area contributed by atoms with Crippen molar-refractivity contribution in [2.45, 2.75) is 29.4 Å². The molecule has 0 aromatic heterocycles. The van der Waals surface area contributed by atoms with Crippen molar-refractivity contribution in [2.75, 3.05) is 31.9 Å². The van der Waals surface area contributed by atoms with Gasteiger partial charge in [0.2, 0.25) is 0 Å². The predicted octanol–water partition coefficient (Wildman–Crippen LogP) is 6.13. The average molecular weight is 1270 g/mol. The number of anilines is 6. The van der Waals surface area contributed by atoms with E-state index in [1.807, 2.05) is 0 Å². The van der Waals surface area contributed by atoms with E-state index < -0.39 is 153 Å². The van der Waals surface area contributed by atoms with Crippen LogP contribution >= 0.6 is 0 Å². The lowest BCUT2D eigenvalue weighted by atomic mass is 10.1. The SMILES string of the molecule is O=C(Nc1ccc(C(=O)Nc2ccc(C(=O)Nc3cc(S(=O)(=O)O)cc4cc(S(=O)(=O)O)cc(S(=O)(=O)O)c34)cc2)cc1)Nc1ccc(C(=O)Nc2ccc(C(=O)Nc3cc(S(=O)(=O)O)cc4cc(S(=O)(=O)O)cc(S(=O)(=O)O)c34)cc2)cc1. The number of amides is 6. The first kappa shape index (κ1) is 61.0. The second-order valence-electron chi connectivity index (χ2n) is 17.5. The summed E-state index contributed by atoms with van der Waals surface area (Å²) in [5, 5.41) is 12.5. The molecule has 0 bridgehead atoms. The normalized spacial score (nSPS) is 12.3. The lowest BCUT2D eigenvalue weighted by Gasteiger charge is -2.15. The maximum Gasteiger partial charge on any atom is 0.323 e. The molecule has 29 nitrogen and oxygen atoms in total. The molecule has 0 unspecified atom stereocenters. The molecular weight excluding hydrogens is 1230 g/mol. The summed E-state index contributed by atoms with van der Waals surface area (Å²) in [6.45, 7) is 0. The molecule has 0 aliphatic heterocycles. The van der Waals surface area contributed by atoms with E-state index in [1.54, 1.807) is 0 Å². The Hall–Kier alpha value is -9.11. The van der Waals surface area contributed by atoms with Crippen LogP contribution in [0.15, 0.2) is 175 Å². The third-order valence-electron chi connectivity index (χ3n) is 11.8. The topological polar surface area (TPSA) is 484 Å². The van der Waals surface area contributed by atoms with E-state index in [0.717, 1.165) is 0 Å². The molecule has 0 aliphatic rings. The van der Waals surface area contributed by atoms with Crippen LogP contribution in [0, 0.1) is 0 Å². The van der Waals surface area contributed by atoms with E-state index in [2.05, 4.69) is 31.9 Å². The maximum absolute atomic E-state index is 13.4. The zero-order chi connectivity index (χ0) is 61.6. The highest BCUT2D eigenvalue weighted by atomic mass is 32.2. The van der Waals surface area contributed by atoms with Crippen molar-refractivity contribution in [3.05, 3.63) is 168 Å². The summed E-state index contributed by atoms with van der Waals surface area (Å²) in [5.74, 6) is -3.33. The van der Waals surface area contributed by atoms with Crippen LogP contribution in [0.5, 0.6) is 0 Å². The summed E-state index contributed by atoms with van der Waals surface area (Å²) >= 11 is 0. The molecule has 0 saturated heterocycles. The summed E-state index contributed by atoms with van der Waals surface area (Å²) in [6.07, 6.45) is 0. The van der Waals surface area contributed by atoms with Gasteiger partial charge in [-0.3, -0.25) is 46.5 Å². The molecule has 0 fully saturated rings. The Kier molecular flexibility index (Phi) is 16.4. The van der Waals surface area contributed by atoms with Gasteiger partial charge in [-0.15, -0.1) is 0 Å². The molecule has 436 valence electrons. The van der Waals surface area contributed by atoms with Crippen LogP contribution in [-0.2, 0) is 60.7 Å². The number of hydrogen-bond acceptors (Lipinski definition) is 17. The van der Waals surface area contributed by atoms with Crippen molar-refractivity contribution < 1.29 is 102 Å². The Labute approximate surface area is 474 Å². The van der Waals surface area contributed by atoms with Gasteiger partial charge in [-0.05, 0) is 156 Å². The largest absolute Gasteiger partial charge is 0.323 e. The highest BCUT2D eigenvalue weighted by molar-refractivity contribution is 7.87. The molecule has 0 spiro atoms. The molecule has 0 saturated carbocycles. The number of hydrogen-bond donors (Lipinski definition) is 12. The average Bonchev–Trinajstić information content (AvgIpc) is 2.15. The van der Waals surface area contributed by atoms with Crippen LogP contribution in [0.4, 0.5) is 38.9 Å². The zero-order valence-electron chi connectivity index (χ0n) is 41.4. The molecule has 12 N–H and O–H groups in total. The maximum atomic E-state index is 13.4. The van der Waals surface area contributed by atoms with Gasteiger partial charge in [0, 0.05) is 55.8 Å². The molecule has 35 heteroatoms. The monoisotopic (exact) mass is 1270 g/mol. The van der Waals surface area contributed by atoms with Gasteiger partial charge in [-0.2, -0.15) is 50.5 Å². The minimum Gasteiger partial charge on any atom is -0.322 e. The Balaban J connectivity index is 0.855. The van der Waals surface area contributed by atoms with Crippen LogP contribution in [0.3, 0.4) is 0 Å². The second kappa shape index (κ2) is 22.6. The lowest BCUT2D eigenvalue weighted by Crippen LogP contribution is -2.20. The second-order valence-corrected chi connectivity index (χ2v) is 26.0. The highest BCUT2D eigenvalue weighted by Crippen LogP contribution is 2.38. The van der Waals surface area contributed by atoms with E-state index in [-0.39, 0.29) is 45.0 Å². The number of fused-ring (bicyclic) bond motifs is 2. The molecule has 0 aliphatic carbocycles. The summed E-state index contributed by atoms with van der Waals surface area (Å²) in [7, 11) is -31.1. The number of carbonyl (C=O) groups is 5. The number of nitrogens with one attached hydrogen (secondary N) is 6. The van der Waals surface area contributed by atoms with Crippen LogP contribution in [-0.4, -0.2) is 107 Å². The summed E-state index contributed by atoms with van der Waals surface area (Å²) in [4.78, 5) is 59.4. The van der Waals surface area contributed by atoms with Crippen molar-refractivity contribution in [1.82, 2.24) is 0 Å². The molecule has 8 aromatic rings. The van der Waals surface area contributed by atoms with Crippen molar-refractivity contribution >= 4 is 146 Å². The smallest absolute Gasteiger partial charge is 0.322 e. The molecule has 8 rings (SSSR count). The molecule has 0 radical (unpaired) electrons. The van der Waals surface area contributed by atoms with Crippen LogP contribution in [0.25, 0.3) is 21.5 Å². The van der Waals surface area contributed by atoms with Crippen molar-refractivity contribution in [1.29, 1.82) is 0 Å². The number of benzene rings is 8. The van der Waals surface area contributed by atoms with Gasteiger partial charge in [0.05, 0.1) is 31.0 Å². The highest BCUT2D eigenvalue weighted by Gasteiger charge is 2.28. The Morgan fingerprint density at radius 2 is 0.500 bits per heavy atom. The fraction of sp³-hybridized carbons (Fsp3) is 0. The van der Waals surface area contributed by atoms with E-state index in [1.165, 1.54) is 97.1 Å². The van der Waals surface area contributed by atoms with Gasteiger partial charge in [0.25, 0.3) is 84.3 Å². The Morgan fingerprint density at radius 3 is 0.738 bits per heavy atom.